The molecule has 1 amide bonds. The molecule has 2 aromatic carbocycles. The molecule has 0 aliphatic heterocycles. The zero-order chi connectivity index (χ0) is 22.4. The molecule has 10 heteroatoms. The van der Waals surface area contributed by atoms with E-state index in [9.17, 15) is 13.2 Å². The fourth-order valence-corrected chi connectivity index (χ4v) is 3.50. The third-order valence-electron chi connectivity index (χ3n) is 4.19. The van der Waals surface area contributed by atoms with Gasteiger partial charge in [0.15, 0.2) is 6.10 Å². The Hall–Kier alpha value is -3.66. The fourth-order valence-electron chi connectivity index (χ4n) is 2.55. The van der Waals surface area contributed by atoms with Crippen molar-refractivity contribution in [1.29, 1.82) is 0 Å². The van der Waals surface area contributed by atoms with Gasteiger partial charge in [0.1, 0.15) is 11.5 Å². The number of ether oxygens (including phenoxy) is 2. The van der Waals surface area contributed by atoms with E-state index in [1.54, 1.807) is 51.3 Å². The topological polar surface area (TPSA) is 120 Å². The van der Waals surface area contributed by atoms with E-state index in [2.05, 4.69) is 20.0 Å². The molecule has 1 aromatic heterocycles. The second-order valence-electron chi connectivity index (χ2n) is 6.58. The summed E-state index contributed by atoms with van der Waals surface area (Å²) in [6.45, 7) is 3.35. The van der Waals surface area contributed by atoms with E-state index in [1.807, 2.05) is 0 Å². The Labute approximate surface area is 180 Å². The summed E-state index contributed by atoms with van der Waals surface area (Å²) in [6, 6.07) is 14.3. The molecule has 0 saturated heterocycles. The molecule has 1 heterocycles. The molecule has 1 unspecified atom stereocenters. The number of anilines is 2. The van der Waals surface area contributed by atoms with Crippen molar-refractivity contribution < 1.29 is 22.7 Å². The van der Waals surface area contributed by atoms with Gasteiger partial charge in [-0.15, -0.1) is 0 Å². The molecule has 0 saturated carbocycles. The normalized spacial score (nSPS) is 12.0. The average Bonchev–Trinajstić information content (AvgIpc) is 2.74. The summed E-state index contributed by atoms with van der Waals surface area (Å²) in [5.41, 5.74) is 1.07. The molecule has 0 spiro atoms. The Bertz CT molecular complexity index is 1150. The summed E-state index contributed by atoms with van der Waals surface area (Å²) < 4.78 is 38.0. The predicted octanol–water partition coefficient (Wildman–Crippen LogP) is 3.00. The average molecular weight is 442 g/mol. The first kappa shape index (κ1) is 22.0. The molecule has 31 heavy (non-hydrogen) atoms. The van der Waals surface area contributed by atoms with Gasteiger partial charge in [0.2, 0.25) is 5.95 Å². The van der Waals surface area contributed by atoms with Gasteiger partial charge in [-0.25, -0.2) is 23.1 Å². The minimum absolute atomic E-state index is 0.0121. The molecule has 0 aliphatic carbocycles. The Balaban J connectivity index is 1.61. The maximum Gasteiger partial charge on any atom is 0.265 e. The molecule has 162 valence electrons. The van der Waals surface area contributed by atoms with E-state index in [1.165, 1.54) is 30.5 Å². The SMILES string of the molecule is COc1ccc(OC(C)C(=O)Nc2ccc(S(=O)(=O)Nc3nccc(C)n3)cc2)cc1. The number of amides is 1. The van der Waals surface area contributed by atoms with Crippen LogP contribution in [0.5, 0.6) is 11.5 Å². The van der Waals surface area contributed by atoms with Gasteiger partial charge in [0.25, 0.3) is 15.9 Å². The lowest BCUT2D eigenvalue weighted by Crippen LogP contribution is -2.30. The van der Waals surface area contributed by atoms with Gasteiger partial charge >= 0.3 is 0 Å². The van der Waals surface area contributed by atoms with Crippen molar-refractivity contribution in [3.8, 4) is 11.5 Å². The number of aryl methyl sites for hydroxylation is 1. The number of carbonyl (C=O) groups is 1. The number of nitrogens with zero attached hydrogens (tertiary/aromatic N) is 2. The highest BCUT2D eigenvalue weighted by Gasteiger charge is 2.18. The van der Waals surface area contributed by atoms with Gasteiger partial charge in [-0.3, -0.25) is 4.79 Å². The van der Waals surface area contributed by atoms with Gasteiger partial charge < -0.3 is 14.8 Å². The zero-order valence-corrected chi connectivity index (χ0v) is 18.0. The van der Waals surface area contributed by atoms with Crippen LogP contribution in [0.3, 0.4) is 0 Å². The minimum atomic E-state index is -3.86. The summed E-state index contributed by atoms with van der Waals surface area (Å²) >= 11 is 0. The van der Waals surface area contributed by atoms with E-state index < -0.39 is 16.1 Å². The number of rotatable bonds is 8. The Morgan fingerprint density at radius 3 is 2.26 bits per heavy atom. The maximum atomic E-state index is 12.5. The van der Waals surface area contributed by atoms with Gasteiger partial charge in [-0.05, 0) is 68.4 Å². The molecule has 0 aliphatic rings. The lowest BCUT2D eigenvalue weighted by molar-refractivity contribution is -0.122. The Morgan fingerprint density at radius 2 is 1.65 bits per heavy atom. The van der Waals surface area contributed by atoms with Crippen LogP contribution in [0, 0.1) is 6.92 Å². The number of carbonyl (C=O) groups excluding carboxylic acids is 1. The van der Waals surface area contributed by atoms with Crippen molar-refractivity contribution in [1.82, 2.24) is 9.97 Å². The van der Waals surface area contributed by atoms with Crippen molar-refractivity contribution in [3.05, 3.63) is 66.5 Å². The van der Waals surface area contributed by atoms with E-state index in [0.717, 1.165) is 0 Å². The quantitative estimate of drug-likeness (QED) is 0.550. The highest BCUT2D eigenvalue weighted by molar-refractivity contribution is 7.92. The van der Waals surface area contributed by atoms with Crippen molar-refractivity contribution in [3.63, 3.8) is 0 Å². The van der Waals surface area contributed by atoms with Crippen LogP contribution in [0.15, 0.2) is 65.7 Å². The first-order valence-corrected chi connectivity index (χ1v) is 10.8. The monoisotopic (exact) mass is 442 g/mol. The second-order valence-corrected chi connectivity index (χ2v) is 8.26. The molecule has 3 rings (SSSR count). The fraction of sp³-hybridized carbons (Fsp3) is 0.190. The van der Waals surface area contributed by atoms with Crippen molar-refractivity contribution in [2.75, 3.05) is 17.1 Å². The smallest absolute Gasteiger partial charge is 0.265 e. The van der Waals surface area contributed by atoms with Crippen molar-refractivity contribution in [2.45, 2.75) is 24.8 Å². The molecule has 9 nitrogen and oxygen atoms in total. The molecule has 1 atom stereocenters. The number of benzene rings is 2. The van der Waals surface area contributed by atoms with Crippen LogP contribution < -0.4 is 19.5 Å². The van der Waals surface area contributed by atoms with Crippen LogP contribution in [0.2, 0.25) is 0 Å². The van der Waals surface area contributed by atoms with Crippen LogP contribution in [0.25, 0.3) is 0 Å². The summed E-state index contributed by atoms with van der Waals surface area (Å²) in [6.07, 6.45) is 0.700. The summed E-state index contributed by atoms with van der Waals surface area (Å²) in [7, 11) is -2.30. The maximum absolute atomic E-state index is 12.5. The molecule has 0 fully saturated rings. The van der Waals surface area contributed by atoms with E-state index in [-0.39, 0.29) is 16.8 Å². The summed E-state index contributed by atoms with van der Waals surface area (Å²) in [4.78, 5) is 20.3. The number of hydrogen-bond acceptors (Lipinski definition) is 7. The van der Waals surface area contributed by atoms with Crippen LogP contribution >= 0.6 is 0 Å². The largest absolute Gasteiger partial charge is 0.497 e. The summed E-state index contributed by atoms with van der Waals surface area (Å²) in [5, 5.41) is 2.69. The second kappa shape index (κ2) is 9.43. The number of aromatic nitrogens is 2. The number of hydrogen-bond donors (Lipinski definition) is 2. The van der Waals surface area contributed by atoms with E-state index >= 15 is 0 Å². The number of nitrogens with one attached hydrogen (secondary N) is 2. The van der Waals surface area contributed by atoms with Crippen LogP contribution in [0.1, 0.15) is 12.6 Å². The Morgan fingerprint density at radius 1 is 1.00 bits per heavy atom. The predicted molar refractivity (Wildman–Crippen MR) is 116 cm³/mol. The van der Waals surface area contributed by atoms with E-state index in [4.69, 9.17) is 9.47 Å². The molecular weight excluding hydrogens is 420 g/mol. The lowest BCUT2D eigenvalue weighted by atomic mass is 10.3. The third-order valence-corrected chi connectivity index (χ3v) is 5.54. The number of sulfonamides is 1. The van der Waals surface area contributed by atoms with Gasteiger partial charge in [-0.2, -0.15) is 0 Å². The Kier molecular flexibility index (Phi) is 6.71. The molecule has 0 radical (unpaired) electrons. The summed E-state index contributed by atoms with van der Waals surface area (Å²) in [5.74, 6) is 0.817. The molecule has 2 N–H and O–H groups in total. The molecule has 3 aromatic rings. The van der Waals surface area contributed by atoms with Gasteiger partial charge in [-0.1, -0.05) is 0 Å². The highest BCUT2D eigenvalue weighted by atomic mass is 32.2. The van der Waals surface area contributed by atoms with Crippen LogP contribution in [-0.4, -0.2) is 37.5 Å². The van der Waals surface area contributed by atoms with Crippen molar-refractivity contribution in [2.24, 2.45) is 0 Å². The van der Waals surface area contributed by atoms with Gasteiger partial charge in [0, 0.05) is 17.6 Å². The third kappa shape index (κ3) is 5.92. The van der Waals surface area contributed by atoms with Gasteiger partial charge in [0.05, 0.1) is 12.0 Å². The highest BCUT2D eigenvalue weighted by Crippen LogP contribution is 2.20. The first-order chi connectivity index (χ1) is 14.8. The van der Waals surface area contributed by atoms with Crippen LogP contribution in [-0.2, 0) is 14.8 Å². The zero-order valence-electron chi connectivity index (χ0n) is 17.2. The standard InChI is InChI=1S/C21H22N4O5S/c1-14-12-13-22-21(23-14)25-31(27,28)19-10-4-16(5-11-19)24-20(26)15(2)30-18-8-6-17(29-3)7-9-18/h4-13,15H,1-3H3,(H,24,26)(H,22,23,25). The molecule has 0 bridgehead atoms. The minimum Gasteiger partial charge on any atom is -0.497 e. The number of methoxy groups -OCH3 is 1. The van der Waals surface area contributed by atoms with E-state index in [0.29, 0.717) is 22.9 Å². The van der Waals surface area contributed by atoms with Crippen LogP contribution in [0.4, 0.5) is 11.6 Å². The van der Waals surface area contributed by atoms with Crippen molar-refractivity contribution >= 4 is 27.6 Å². The first-order valence-electron chi connectivity index (χ1n) is 9.31. The molecular formula is C21H22N4O5S. The lowest BCUT2D eigenvalue weighted by Gasteiger charge is -2.15.